The van der Waals surface area contributed by atoms with Crippen molar-refractivity contribution in [1.82, 2.24) is 10.3 Å². The molecule has 0 aliphatic heterocycles. The minimum atomic E-state index is -0.0546. The number of benzene rings is 1. The van der Waals surface area contributed by atoms with Crippen LogP contribution in [0.15, 0.2) is 42.7 Å². The van der Waals surface area contributed by atoms with Crippen molar-refractivity contribution in [3.05, 3.63) is 65.0 Å². The lowest BCUT2D eigenvalue weighted by Crippen LogP contribution is -2.25. The van der Waals surface area contributed by atoms with E-state index in [4.69, 9.17) is 0 Å². The van der Waals surface area contributed by atoms with E-state index < -0.39 is 0 Å². The van der Waals surface area contributed by atoms with E-state index in [9.17, 15) is 4.79 Å². The number of fused-ring (bicyclic) bond motifs is 1. The molecule has 1 aliphatic rings. The predicted octanol–water partition coefficient (Wildman–Crippen LogP) is 3.35. The van der Waals surface area contributed by atoms with Gasteiger partial charge in [-0.3, -0.25) is 9.78 Å². The number of rotatable bonds is 4. The van der Waals surface area contributed by atoms with Gasteiger partial charge in [-0.1, -0.05) is 18.2 Å². The van der Waals surface area contributed by atoms with Crippen molar-refractivity contribution in [1.29, 1.82) is 0 Å². The molecule has 0 saturated carbocycles. The molecule has 0 radical (unpaired) electrons. The van der Waals surface area contributed by atoms with Gasteiger partial charge < -0.3 is 5.32 Å². The first-order valence-corrected chi connectivity index (χ1v) is 7.62. The lowest BCUT2D eigenvalue weighted by molar-refractivity contribution is 0.0954. The average Bonchev–Trinajstić information content (AvgIpc) is 2.55. The summed E-state index contributed by atoms with van der Waals surface area (Å²) in [4.78, 5) is 15.9. The molecule has 2 aromatic rings. The first kappa shape index (κ1) is 16.5. The van der Waals surface area contributed by atoms with E-state index in [2.05, 4.69) is 28.5 Å². The molecule has 1 N–H and O–H groups in total. The SMILES string of the molecule is Cl.O=C(NCCc1ccc2c(c1)CCCC2)c1cccnc1. The summed E-state index contributed by atoms with van der Waals surface area (Å²) >= 11 is 0. The second-order valence-electron chi connectivity index (χ2n) is 5.56. The standard InChI is InChI=1S/C18H20N2O.ClH/c21-18(17-6-3-10-19-13-17)20-11-9-14-7-8-15-4-1-2-5-16(15)12-14;/h3,6-8,10,12-13H,1-2,4-5,9,11H2,(H,20,21);1H. The summed E-state index contributed by atoms with van der Waals surface area (Å²) in [6.45, 7) is 0.659. The van der Waals surface area contributed by atoms with Crippen LogP contribution in [-0.4, -0.2) is 17.4 Å². The number of nitrogens with one attached hydrogen (secondary N) is 1. The maximum Gasteiger partial charge on any atom is 0.252 e. The lowest BCUT2D eigenvalue weighted by Gasteiger charge is -2.16. The Morgan fingerprint density at radius 3 is 2.73 bits per heavy atom. The predicted molar refractivity (Wildman–Crippen MR) is 90.6 cm³/mol. The molecule has 1 amide bonds. The molecule has 0 spiro atoms. The van der Waals surface area contributed by atoms with Gasteiger partial charge in [0.05, 0.1) is 5.56 Å². The number of aryl methyl sites for hydroxylation is 2. The topological polar surface area (TPSA) is 42.0 Å². The molecule has 3 rings (SSSR count). The Morgan fingerprint density at radius 1 is 1.14 bits per heavy atom. The highest BCUT2D eigenvalue weighted by Gasteiger charge is 2.09. The van der Waals surface area contributed by atoms with Crippen LogP contribution in [0.1, 0.15) is 39.9 Å². The number of aromatic nitrogens is 1. The third-order valence-corrected chi connectivity index (χ3v) is 4.04. The van der Waals surface area contributed by atoms with Gasteiger partial charge in [-0.2, -0.15) is 0 Å². The summed E-state index contributed by atoms with van der Waals surface area (Å²) in [6, 6.07) is 10.3. The first-order chi connectivity index (χ1) is 10.3. The Balaban J connectivity index is 0.00000176. The number of halogens is 1. The van der Waals surface area contributed by atoms with Crippen molar-refractivity contribution >= 4 is 18.3 Å². The Morgan fingerprint density at radius 2 is 1.95 bits per heavy atom. The van der Waals surface area contributed by atoms with Gasteiger partial charge >= 0.3 is 0 Å². The number of pyridine rings is 1. The molecule has 0 atom stereocenters. The minimum Gasteiger partial charge on any atom is -0.352 e. The fourth-order valence-corrected chi connectivity index (χ4v) is 2.86. The summed E-state index contributed by atoms with van der Waals surface area (Å²) in [5.74, 6) is -0.0546. The maximum atomic E-state index is 11.9. The van der Waals surface area contributed by atoms with Crippen LogP contribution < -0.4 is 5.32 Å². The van der Waals surface area contributed by atoms with Crippen molar-refractivity contribution in [2.24, 2.45) is 0 Å². The van der Waals surface area contributed by atoms with E-state index in [1.165, 1.54) is 42.4 Å². The molecule has 1 aliphatic carbocycles. The summed E-state index contributed by atoms with van der Waals surface area (Å²) in [7, 11) is 0. The monoisotopic (exact) mass is 316 g/mol. The van der Waals surface area contributed by atoms with E-state index in [1.807, 2.05) is 0 Å². The number of nitrogens with zero attached hydrogens (tertiary/aromatic N) is 1. The number of hydrogen-bond donors (Lipinski definition) is 1. The van der Waals surface area contributed by atoms with Crippen LogP contribution in [0.4, 0.5) is 0 Å². The molecule has 1 heterocycles. The Kier molecular flexibility index (Phi) is 5.96. The van der Waals surface area contributed by atoms with E-state index >= 15 is 0 Å². The van der Waals surface area contributed by atoms with Gasteiger partial charge in [0.1, 0.15) is 0 Å². The van der Waals surface area contributed by atoms with Crippen LogP contribution in [0.3, 0.4) is 0 Å². The molecule has 116 valence electrons. The maximum absolute atomic E-state index is 11.9. The summed E-state index contributed by atoms with van der Waals surface area (Å²) in [5, 5.41) is 2.95. The van der Waals surface area contributed by atoms with Gasteiger partial charge in [0.15, 0.2) is 0 Å². The second kappa shape index (κ2) is 7.95. The summed E-state index contributed by atoms with van der Waals surface area (Å²) < 4.78 is 0. The van der Waals surface area contributed by atoms with E-state index in [0.717, 1.165) is 6.42 Å². The molecular formula is C18H21ClN2O. The van der Waals surface area contributed by atoms with Crippen LogP contribution in [0, 0.1) is 0 Å². The average molecular weight is 317 g/mol. The molecule has 1 aromatic heterocycles. The van der Waals surface area contributed by atoms with Crippen LogP contribution in [0.2, 0.25) is 0 Å². The van der Waals surface area contributed by atoms with Gasteiger partial charge in [-0.05, 0) is 60.9 Å². The smallest absolute Gasteiger partial charge is 0.252 e. The minimum absolute atomic E-state index is 0. The molecule has 0 fully saturated rings. The summed E-state index contributed by atoms with van der Waals surface area (Å²) in [6.07, 6.45) is 9.16. The highest BCUT2D eigenvalue weighted by Crippen LogP contribution is 2.22. The normalized spacial score (nSPS) is 12.9. The van der Waals surface area contributed by atoms with Crippen molar-refractivity contribution in [2.45, 2.75) is 32.1 Å². The molecule has 3 nitrogen and oxygen atoms in total. The Labute approximate surface area is 137 Å². The molecule has 0 unspecified atom stereocenters. The highest BCUT2D eigenvalue weighted by atomic mass is 35.5. The molecule has 0 saturated heterocycles. The number of amides is 1. The number of hydrogen-bond acceptors (Lipinski definition) is 2. The van der Waals surface area contributed by atoms with Crippen LogP contribution in [-0.2, 0) is 19.3 Å². The van der Waals surface area contributed by atoms with Crippen molar-refractivity contribution in [3.8, 4) is 0 Å². The molecule has 22 heavy (non-hydrogen) atoms. The van der Waals surface area contributed by atoms with Gasteiger partial charge in [0.2, 0.25) is 0 Å². The molecule has 4 heteroatoms. The quantitative estimate of drug-likeness (QED) is 0.940. The van der Waals surface area contributed by atoms with Crippen molar-refractivity contribution in [3.63, 3.8) is 0 Å². The van der Waals surface area contributed by atoms with Gasteiger partial charge in [0.25, 0.3) is 5.91 Å². The van der Waals surface area contributed by atoms with Crippen molar-refractivity contribution in [2.75, 3.05) is 6.54 Å². The largest absolute Gasteiger partial charge is 0.352 e. The van der Waals surface area contributed by atoms with Gasteiger partial charge in [-0.25, -0.2) is 0 Å². The fourth-order valence-electron chi connectivity index (χ4n) is 2.86. The van der Waals surface area contributed by atoms with Gasteiger partial charge in [0, 0.05) is 18.9 Å². The Hall–Kier alpha value is -1.87. The highest BCUT2D eigenvalue weighted by molar-refractivity contribution is 5.93. The van der Waals surface area contributed by atoms with Gasteiger partial charge in [-0.15, -0.1) is 12.4 Å². The third-order valence-electron chi connectivity index (χ3n) is 4.04. The zero-order chi connectivity index (χ0) is 14.5. The summed E-state index contributed by atoms with van der Waals surface area (Å²) in [5.41, 5.74) is 4.92. The number of carbonyl (C=O) groups is 1. The lowest BCUT2D eigenvalue weighted by atomic mass is 9.90. The van der Waals surface area contributed by atoms with Crippen LogP contribution in [0.5, 0.6) is 0 Å². The Bertz CT molecular complexity index is 628. The van der Waals surface area contributed by atoms with Crippen LogP contribution in [0.25, 0.3) is 0 Å². The number of carbonyl (C=O) groups excluding carboxylic acids is 1. The van der Waals surface area contributed by atoms with E-state index in [0.29, 0.717) is 12.1 Å². The van der Waals surface area contributed by atoms with E-state index in [-0.39, 0.29) is 18.3 Å². The fraction of sp³-hybridized carbons (Fsp3) is 0.333. The van der Waals surface area contributed by atoms with Crippen molar-refractivity contribution < 1.29 is 4.79 Å². The molecule has 1 aromatic carbocycles. The van der Waals surface area contributed by atoms with E-state index in [1.54, 1.807) is 24.5 Å². The first-order valence-electron chi connectivity index (χ1n) is 7.62. The zero-order valence-corrected chi connectivity index (χ0v) is 13.4. The second-order valence-corrected chi connectivity index (χ2v) is 5.56. The zero-order valence-electron chi connectivity index (χ0n) is 12.5. The van der Waals surface area contributed by atoms with Crippen LogP contribution >= 0.6 is 12.4 Å². The third kappa shape index (κ3) is 4.08. The molecule has 0 bridgehead atoms. The molecular weight excluding hydrogens is 296 g/mol.